The zero-order chi connectivity index (χ0) is 9.47. The van der Waals surface area contributed by atoms with Crippen LogP contribution in [0, 0.1) is 0 Å². The van der Waals surface area contributed by atoms with Gasteiger partial charge in [0.15, 0.2) is 0 Å². The number of halogens is 1. The van der Waals surface area contributed by atoms with Crippen LogP contribution in [0.2, 0.25) is 0 Å². The molecular formula is C7H5ClO2S3. The standard InChI is InChI=1S/C7H5ClO2S3/c8-13(9,10)4-5-3-7-6(12-5)1-2-11-7/h1-3H,4H2. The molecule has 70 valence electrons. The van der Waals surface area contributed by atoms with Crippen molar-refractivity contribution in [3.05, 3.63) is 22.4 Å². The molecule has 0 bridgehead atoms. The molecule has 2 heterocycles. The van der Waals surface area contributed by atoms with E-state index < -0.39 is 9.05 Å². The second-order valence-electron chi connectivity index (χ2n) is 2.54. The van der Waals surface area contributed by atoms with Crippen LogP contribution in [-0.4, -0.2) is 8.42 Å². The Morgan fingerprint density at radius 1 is 1.38 bits per heavy atom. The van der Waals surface area contributed by atoms with E-state index in [9.17, 15) is 8.42 Å². The summed E-state index contributed by atoms with van der Waals surface area (Å²) < 4.78 is 23.8. The summed E-state index contributed by atoms with van der Waals surface area (Å²) in [5.41, 5.74) is 0. The van der Waals surface area contributed by atoms with Crippen LogP contribution >= 0.6 is 33.4 Å². The van der Waals surface area contributed by atoms with E-state index in [0.717, 1.165) is 14.3 Å². The topological polar surface area (TPSA) is 34.1 Å². The highest BCUT2D eigenvalue weighted by Crippen LogP contribution is 2.31. The van der Waals surface area contributed by atoms with E-state index in [1.807, 2.05) is 17.5 Å². The fourth-order valence-electron chi connectivity index (χ4n) is 1.06. The molecule has 0 radical (unpaired) electrons. The molecule has 0 N–H and O–H groups in total. The molecular weight excluding hydrogens is 248 g/mol. The minimum absolute atomic E-state index is 0.0688. The van der Waals surface area contributed by atoms with Crippen LogP contribution in [0.5, 0.6) is 0 Å². The molecule has 0 spiro atoms. The summed E-state index contributed by atoms with van der Waals surface area (Å²) in [6.07, 6.45) is 0. The molecule has 0 saturated carbocycles. The van der Waals surface area contributed by atoms with Gasteiger partial charge < -0.3 is 0 Å². The highest BCUT2D eigenvalue weighted by atomic mass is 35.7. The summed E-state index contributed by atoms with van der Waals surface area (Å²) in [7, 11) is 1.73. The van der Waals surface area contributed by atoms with Gasteiger partial charge in [-0.2, -0.15) is 0 Å². The molecule has 0 saturated heterocycles. The van der Waals surface area contributed by atoms with Crippen molar-refractivity contribution in [1.29, 1.82) is 0 Å². The first-order valence-corrected chi connectivity index (χ1v) is 7.60. The van der Waals surface area contributed by atoms with Gasteiger partial charge in [-0.15, -0.1) is 22.7 Å². The van der Waals surface area contributed by atoms with Crippen LogP contribution in [0.3, 0.4) is 0 Å². The molecule has 0 aliphatic rings. The lowest BCUT2D eigenvalue weighted by Gasteiger charge is -1.88. The SMILES string of the molecule is O=S(=O)(Cl)Cc1cc2sccc2s1. The van der Waals surface area contributed by atoms with E-state index in [-0.39, 0.29) is 5.75 Å². The summed E-state index contributed by atoms with van der Waals surface area (Å²) in [4.78, 5) is 0.803. The van der Waals surface area contributed by atoms with Gasteiger partial charge in [0, 0.05) is 25.0 Å². The minimum atomic E-state index is -3.42. The van der Waals surface area contributed by atoms with Crippen LogP contribution in [0.25, 0.3) is 9.40 Å². The fourth-order valence-corrected chi connectivity index (χ4v) is 4.66. The number of hydrogen-bond acceptors (Lipinski definition) is 4. The molecule has 0 atom stereocenters. The van der Waals surface area contributed by atoms with Crippen LogP contribution in [0.1, 0.15) is 4.88 Å². The predicted molar refractivity (Wildman–Crippen MR) is 58.2 cm³/mol. The molecule has 2 aromatic rings. The Balaban J connectivity index is 2.41. The van der Waals surface area contributed by atoms with Gasteiger partial charge in [0.2, 0.25) is 9.05 Å². The number of rotatable bonds is 2. The molecule has 2 aromatic heterocycles. The Morgan fingerprint density at radius 2 is 2.15 bits per heavy atom. The molecule has 0 unspecified atom stereocenters. The largest absolute Gasteiger partial charge is 0.237 e. The molecule has 0 aliphatic carbocycles. The first kappa shape index (κ1) is 9.45. The Bertz CT molecular complexity index is 494. The van der Waals surface area contributed by atoms with E-state index in [1.54, 1.807) is 11.3 Å². The summed E-state index contributed by atoms with van der Waals surface area (Å²) >= 11 is 3.08. The minimum Gasteiger partial charge on any atom is -0.212 e. The van der Waals surface area contributed by atoms with Gasteiger partial charge in [0.05, 0.1) is 5.75 Å². The van der Waals surface area contributed by atoms with Crippen LogP contribution in [0.4, 0.5) is 0 Å². The Morgan fingerprint density at radius 3 is 2.77 bits per heavy atom. The van der Waals surface area contributed by atoms with Gasteiger partial charge in [0.25, 0.3) is 0 Å². The summed E-state index contributed by atoms with van der Waals surface area (Å²) in [6, 6.07) is 3.86. The second kappa shape index (κ2) is 3.24. The average molecular weight is 253 g/mol. The van der Waals surface area contributed by atoms with Crippen molar-refractivity contribution in [2.75, 3.05) is 0 Å². The lowest BCUT2D eigenvalue weighted by molar-refractivity contribution is 0.609. The van der Waals surface area contributed by atoms with Gasteiger partial charge in [-0.1, -0.05) is 0 Å². The van der Waals surface area contributed by atoms with Gasteiger partial charge in [-0.25, -0.2) is 8.42 Å². The average Bonchev–Trinajstić information content (AvgIpc) is 2.40. The highest BCUT2D eigenvalue weighted by molar-refractivity contribution is 8.13. The van der Waals surface area contributed by atoms with Gasteiger partial charge in [-0.05, 0) is 17.5 Å². The Kier molecular flexibility index (Phi) is 2.35. The zero-order valence-corrected chi connectivity index (χ0v) is 9.56. The van der Waals surface area contributed by atoms with Crippen molar-refractivity contribution in [3.8, 4) is 0 Å². The third kappa shape index (κ3) is 2.22. The normalized spacial score (nSPS) is 12.4. The predicted octanol–water partition coefficient (Wildman–Crippen LogP) is 3.03. The molecule has 0 amide bonds. The maximum atomic E-state index is 10.8. The highest BCUT2D eigenvalue weighted by Gasteiger charge is 2.10. The molecule has 2 rings (SSSR count). The quantitative estimate of drug-likeness (QED) is 0.770. The summed E-state index contributed by atoms with van der Waals surface area (Å²) in [5.74, 6) is -0.0688. The molecule has 0 fully saturated rings. The third-order valence-electron chi connectivity index (χ3n) is 1.51. The molecule has 0 aromatic carbocycles. The van der Waals surface area contributed by atoms with Gasteiger partial charge >= 0.3 is 0 Å². The third-order valence-corrected chi connectivity index (χ3v) is 4.76. The smallest absolute Gasteiger partial charge is 0.212 e. The first-order valence-electron chi connectivity index (χ1n) is 3.43. The zero-order valence-electron chi connectivity index (χ0n) is 6.36. The number of thiophene rings is 2. The van der Waals surface area contributed by atoms with Crippen molar-refractivity contribution < 1.29 is 8.42 Å². The van der Waals surface area contributed by atoms with Crippen molar-refractivity contribution in [3.63, 3.8) is 0 Å². The molecule has 2 nitrogen and oxygen atoms in total. The van der Waals surface area contributed by atoms with Crippen molar-refractivity contribution in [2.24, 2.45) is 0 Å². The maximum Gasteiger partial charge on any atom is 0.237 e. The van der Waals surface area contributed by atoms with Crippen molar-refractivity contribution in [1.82, 2.24) is 0 Å². The van der Waals surface area contributed by atoms with Gasteiger partial charge in [0.1, 0.15) is 0 Å². The first-order chi connectivity index (χ1) is 6.04. The molecule has 13 heavy (non-hydrogen) atoms. The van der Waals surface area contributed by atoms with Gasteiger partial charge in [-0.3, -0.25) is 0 Å². The van der Waals surface area contributed by atoms with E-state index in [2.05, 4.69) is 0 Å². The van der Waals surface area contributed by atoms with E-state index >= 15 is 0 Å². The van der Waals surface area contributed by atoms with Crippen LogP contribution in [-0.2, 0) is 14.8 Å². The van der Waals surface area contributed by atoms with E-state index in [4.69, 9.17) is 10.7 Å². The molecule has 6 heteroatoms. The summed E-state index contributed by atoms with van der Waals surface area (Å²) in [6.45, 7) is 0. The number of hydrogen-bond donors (Lipinski definition) is 0. The summed E-state index contributed by atoms with van der Waals surface area (Å²) in [5, 5.41) is 1.99. The number of fused-ring (bicyclic) bond motifs is 1. The Hall–Kier alpha value is -0.100. The fraction of sp³-hybridized carbons (Fsp3) is 0.143. The van der Waals surface area contributed by atoms with Crippen molar-refractivity contribution in [2.45, 2.75) is 5.75 Å². The van der Waals surface area contributed by atoms with Crippen LogP contribution < -0.4 is 0 Å². The monoisotopic (exact) mass is 252 g/mol. The lowest BCUT2D eigenvalue weighted by atomic mass is 10.5. The Labute approximate surface area is 88.2 Å². The van der Waals surface area contributed by atoms with E-state index in [0.29, 0.717) is 0 Å². The lowest BCUT2D eigenvalue weighted by Crippen LogP contribution is -1.91. The van der Waals surface area contributed by atoms with E-state index in [1.165, 1.54) is 11.3 Å². The second-order valence-corrected chi connectivity index (χ2v) is 7.44. The van der Waals surface area contributed by atoms with Crippen LogP contribution in [0.15, 0.2) is 17.5 Å². The maximum absolute atomic E-state index is 10.8. The molecule has 0 aliphatic heterocycles. The van der Waals surface area contributed by atoms with Crippen molar-refractivity contribution >= 4 is 51.8 Å².